The standard InChI is InChI=1S/C18H23N5O3/c1-3-15-21-16(26-22-15)6-7-17(24)23-10-13(11-23)18(25)20-9-14-12(2)5-4-8-19-14/h4-5,8,13H,3,6-7,9-11H2,1-2H3,(H,20,25). The zero-order chi connectivity index (χ0) is 18.5. The van der Waals surface area contributed by atoms with Gasteiger partial charge in [0.2, 0.25) is 17.7 Å². The van der Waals surface area contributed by atoms with Crippen molar-refractivity contribution in [1.29, 1.82) is 0 Å². The summed E-state index contributed by atoms with van der Waals surface area (Å²) in [6.45, 7) is 5.23. The Bertz CT molecular complexity index is 783. The highest BCUT2D eigenvalue weighted by Gasteiger charge is 2.35. The number of nitrogens with zero attached hydrogens (tertiary/aromatic N) is 4. The number of aromatic nitrogens is 3. The summed E-state index contributed by atoms with van der Waals surface area (Å²) in [4.78, 5) is 34.5. The minimum atomic E-state index is -0.155. The van der Waals surface area contributed by atoms with E-state index < -0.39 is 0 Å². The fraction of sp³-hybridized carbons (Fsp3) is 0.500. The van der Waals surface area contributed by atoms with Gasteiger partial charge < -0.3 is 14.7 Å². The summed E-state index contributed by atoms with van der Waals surface area (Å²) in [6.07, 6.45) is 3.16. The molecule has 1 saturated heterocycles. The first-order valence-corrected chi connectivity index (χ1v) is 8.84. The first kappa shape index (κ1) is 18.0. The van der Waals surface area contributed by atoms with Gasteiger partial charge in [0.15, 0.2) is 5.82 Å². The van der Waals surface area contributed by atoms with Crippen LogP contribution in [0.5, 0.6) is 0 Å². The van der Waals surface area contributed by atoms with Gasteiger partial charge in [0.05, 0.1) is 18.2 Å². The average molecular weight is 357 g/mol. The van der Waals surface area contributed by atoms with Crippen molar-refractivity contribution in [3.8, 4) is 0 Å². The van der Waals surface area contributed by atoms with Crippen LogP contribution in [0.4, 0.5) is 0 Å². The van der Waals surface area contributed by atoms with Crippen molar-refractivity contribution in [2.45, 2.75) is 39.7 Å². The number of rotatable bonds is 7. The summed E-state index contributed by atoms with van der Waals surface area (Å²) in [6, 6.07) is 3.83. The molecule has 26 heavy (non-hydrogen) atoms. The Morgan fingerprint density at radius 1 is 1.38 bits per heavy atom. The fourth-order valence-electron chi connectivity index (χ4n) is 2.77. The lowest BCUT2D eigenvalue weighted by Gasteiger charge is -2.38. The van der Waals surface area contributed by atoms with Crippen molar-refractivity contribution in [2.75, 3.05) is 13.1 Å². The number of amides is 2. The average Bonchev–Trinajstić information content (AvgIpc) is 3.06. The van der Waals surface area contributed by atoms with Crippen LogP contribution in [0.2, 0.25) is 0 Å². The van der Waals surface area contributed by atoms with E-state index in [4.69, 9.17) is 4.52 Å². The second-order valence-electron chi connectivity index (χ2n) is 6.44. The molecule has 0 unspecified atom stereocenters. The molecule has 0 atom stereocenters. The molecular weight excluding hydrogens is 334 g/mol. The normalized spacial score (nSPS) is 14.2. The number of carbonyl (C=O) groups excluding carboxylic acids is 2. The molecule has 2 aromatic heterocycles. The third-order valence-corrected chi connectivity index (χ3v) is 4.53. The summed E-state index contributed by atoms with van der Waals surface area (Å²) in [7, 11) is 0. The number of likely N-dealkylation sites (tertiary alicyclic amines) is 1. The van der Waals surface area contributed by atoms with E-state index in [1.807, 2.05) is 26.0 Å². The number of carbonyl (C=O) groups is 2. The summed E-state index contributed by atoms with van der Waals surface area (Å²) in [5.74, 6) is 0.944. The molecule has 138 valence electrons. The molecule has 8 nitrogen and oxygen atoms in total. The van der Waals surface area contributed by atoms with Gasteiger partial charge in [0.25, 0.3) is 0 Å². The topological polar surface area (TPSA) is 101 Å². The predicted molar refractivity (Wildman–Crippen MR) is 92.9 cm³/mol. The van der Waals surface area contributed by atoms with Gasteiger partial charge in [-0.3, -0.25) is 14.6 Å². The highest BCUT2D eigenvalue weighted by atomic mass is 16.5. The van der Waals surface area contributed by atoms with Crippen LogP contribution < -0.4 is 5.32 Å². The molecule has 8 heteroatoms. The molecule has 2 amide bonds. The Kier molecular flexibility index (Phi) is 5.60. The van der Waals surface area contributed by atoms with Gasteiger partial charge in [0, 0.05) is 38.5 Å². The van der Waals surface area contributed by atoms with Crippen molar-refractivity contribution >= 4 is 11.8 Å². The fourth-order valence-corrected chi connectivity index (χ4v) is 2.77. The molecule has 0 aromatic carbocycles. The third-order valence-electron chi connectivity index (χ3n) is 4.53. The molecule has 0 saturated carbocycles. The quantitative estimate of drug-likeness (QED) is 0.795. The van der Waals surface area contributed by atoms with Gasteiger partial charge in [0.1, 0.15) is 0 Å². The summed E-state index contributed by atoms with van der Waals surface area (Å²) >= 11 is 0. The molecule has 0 radical (unpaired) electrons. The van der Waals surface area contributed by atoms with Crippen LogP contribution in [0.15, 0.2) is 22.9 Å². The highest BCUT2D eigenvalue weighted by molar-refractivity contribution is 5.84. The van der Waals surface area contributed by atoms with E-state index in [0.29, 0.717) is 50.6 Å². The van der Waals surface area contributed by atoms with Gasteiger partial charge >= 0.3 is 0 Å². The molecule has 0 spiro atoms. The molecule has 2 aromatic rings. The molecule has 1 N–H and O–H groups in total. The molecule has 1 fully saturated rings. The van der Waals surface area contributed by atoms with Gasteiger partial charge in [-0.05, 0) is 18.6 Å². The van der Waals surface area contributed by atoms with Gasteiger partial charge in [-0.1, -0.05) is 18.1 Å². The lowest BCUT2D eigenvalue weighted by atomic mass is 9.98. The number of pyridine rings is 1. The van der Waals surface area contributed by atoms with Crippen molar-refractivity contribution in [3.63, 3.8) is 0 Å². The second-order valence-corrected chi connectivity index (χ2v) is 6.44. The number of nitrogens with one attached hydrogen (secondary N) is 1. The van der Waals surface area contributed by atoms with E-state index in [9.17, 15) is 9.59 Å². The summed E-state index contributed by atoms with van der Waals surface area (Å²) in [5.41, 5.74) is 1.91. The maximum absolute atomic E-state index is 12.2. The van der Waals surface area contributed by atoms with Crippen LogP contribution in [0.3, 0.4) is 0 Å². The predicted octanol–water partition coefficient (Wildman–Crippen LogP) is 1.04. The third kappa shape index (κ3) is 4.25. The van der Waals surface area contributed by atoms with Gasteiger partial charge in [-0.2, -0.15) is 4.98 Å². The number of hydrogen-bond donors (Lipinski definition) is 1. The van der Waals surface area contributed by atoms with E-state index in [1.165, 1.54) is 0 Å². The van der Waals surface area contributed by atoms with Crippen molar-refractivity contribution in [1.82, 2.24) is 25.3 Å². The molecule has 3 rings (SSSR count). The SMILES string of the molecule is CCc1noc(CCC(=O)N2CC(C(=O)NCc3ncccc3C)C2)n1. The Morgan fingerprint density at radius 2 is 2.19 bits per heavy atom. The second kappa shape index (κ2) is 8.07. The molecular formula is C18H23N5O3. The zero-order valence-corrected chi connectivity index (χ0v) is 15.1. The van der Waals surface area contributed by atoms with Gasteiger partial charge in [-0.15, -0.1) is 0 Å². The number of aryl methyl sites for hydroxylation is 3. The first-order valence-electron chi connectivity index (χ1n) is 8.84. The number of hydrogen-bond acceptors (Lipinski definition) is 6. The van der Waals surface area contributed by atoms with E-state index in [0.717, 1.165) is 11.3 Å². The van der Waals surface area contributed by atoms with Crippen molar-refractivity contribution < 1.29 is 14.1 Å². The van der Waals surface area contributed by atoms with Gasteiger partial charge in [-0.25, -0.2) is 0 Å². The highest BCUT2D eigenvalue weighted by Crippen LogP contribution is 2.18. The van der Waals surface area contributed by atoms with Crippen LogP contribution in [-0.2, 0) is 29.0 Å². The molecule has 3 heterocycles. The van der Waals surface area contributed by atoms with Crippen molar-refractivity contribution in [3.05, 3.63) is 41.3 Å². The van der Waals surface area contributed by atoms with Crippen LogP contribution in [-0.4, -0.2) is 44.9 Å². The summed E-state index contributed by atoms with van der Waals surface area (Å²) in [5, 5.41) is 6.70. The minimum Gasteiger partial charge on any atom is -0.350 e. The Morgan fingerprint density at radius 3 is 2.88 bits per heavy atom. The minimum absolute atomic E-state index is 0.00543. The molecule has 1 aliphatic heterocycles. The molecule has 1 aliphatic rings. The largest absolute Gasteiger partial charge is 0.350 e. The maximum Gasteiger partial charge on any atom is 0.227 e. The maximum atomic E-state index is 12.2. The van der Waals surface area contributed by atoms with E-state index in [2.05, 4.69) is 20.4 Å². The van der Waals surface area contributed by atoms with E-state index in [-0.39, 0.29) is 17.7 Å². The van der Waals surface area contributed by atoms with E-state index >= 15 is 0 Å². The van der Waals surface area contributed by atoms with Crippen LogP contribution in [0.25, 0.3) is 0 Å². The van der Waals surface area contributed by atoms with Crippen LogP contribution in [0.1, 0.15) is 36.3 Å². The molecule has 0 aliphatic carbocycles. The monoisotopic (exact) mass is 357 g/mol. The Hall–Kier alpha value is -2.77. The lowest BCUT2D eigenvalue weighted by Crippen LogP contribution is -2.55. The van der Waals surface area contributed by atoms with Crippen LogP contribution >= 0.6 is 0 Å². The lowest BCUT2D eigenvalue weighted by molar-refractivity contribution is -0.143. The first-order chi connectivity index (χ1) is 12.6. The zero-order valence-electron chi connectivity index (χ0n) is 15.1. The Labute approximate surface area is 152 Å². The van der Waals surface area contributed by atoms with Crippen LogP contribution in [0, 0.1) is 12.8 Å². The Balaban J connectivity index is 1.38. The smallest absolute Gasteiger partial charge is 0.227 e. The van der Waals surface area contributed by atoms with Crippen molar-refractivity contribution in [2.24, 2.45) is 5.92 Å². The summed E-state index contributed by atoms with van der Waals surface area (Å²) < 4.78 is 5.08. The molecule has 0 bridgehead atoms. The van der Waals surface area contributed by atoms with E-state index in [1.54, 1.807) is 11.1 Å².